The maximum absolute atomic E-state index is 13.4. The van der Waals surface area contributed by atoms with Crippen LogP contribution < -0.4 is 0 Å². The zero-order valence-corrected chi connectivity index (χ0v) is 16.0. The third kappa shape index (κ3) is 4.89. The van der Waals surface area contributed by atoms with Crippen LogP contribution in [0.2, 0.25) is 0 Å². The number of nitrogens with zero attached hydrogens (tertiary/aromatic N) is 3. The predicted octanol–water partition coefficient (Wildman–Crippen LogP) is 3.85. The summed E-state index contributed by atoms with van der Waals surface area (Å²) in [5, 5.41) is 0. The van der Waals surface area contributed by atoms with Crippen LogP contribution in [0.4, 0.5) is 0 Å². The minimum atomic E-state index is 0.00500. The largest absolute Gasteiger partial charge is 0.332 e. The first-order chi connectivity index (χ1) is 12.1. The quantitative estimate of drug-likeness (QED) is 0.815. The van der Waals surface area contributed by atoms with Crippen LogP contribution in [0.5, 0.6) is 0 Å². The molecule has 0 aliphatic carbocycles. The van der Waals surface area contributed by atoms with E-state index in [0.29, 0.717) is 13.1 Å². The highest BCUT2D eigenvalue weighted by Crippen LogP contribution is 2.22. The maximum atomic E-state index is 13.4. The van der Waals surface area contributed by atoms with Crippen LogP contribution in [0, 0.1) is 6.92 Å². The Kier molecular flexibility index (Phi) is 6.21. The van der Waals surface area contributed by atoms with Crippen molar-refractivity contribution in [2.45, 2.75) is 51.7 Å². The monoisotopic (exact) mass is 357 g/mol. The lowest BCUT2D eigenvalue weighted by Gasteiger charge is -2.31. The van der Waals surface area contributed by atoms with Gasteiger partial charge in [0.1, 0.15) is 0 Å². The molecule has 0 spiro atoms. The number of likely N-dealkylation sites (N-methyl/N-ethyl adjacent to an activating group) is 1. The number of hydrogen-bond donors (Lipinski definition) is 0. The normalized spacial score (nSPS) is 18.7. The first kappa shape index (κ1) is 18.1. The molecule has 3 rings (SSSR count). The predicted molar refractivity (Wildman–Crippen MR) is 102 cm³/mol. The van der Waals surface area contributed by atoms with E-state index in [-0.39, 0.29) is 11.9 Å². The van der Waals surface area contributed by atoms with Gasteiger partial charge in [-0.2, -0.15) is 0 Å². The fourth-order valence-electron chi connectivity index (χ4n) is 3.45. The highest BCUT2D eigenvalue weighted by molar-refractivity contribution is 7.11. The van der Waals surface area contributed by atoms with Crippen molar-refractivity contribution in [3.63, 3.8) is 0 Å². The van der Waals surface area contributed by atoms with Crippen molar-refractivity contribution >= 4 is 17.2 Å². The SMILES string of the molecule is Cc1ccc(CN(Cc2ccncc2)C(=O)C2CCCCCN2C)s1. The number of aromatic nitrogens is 1. The molecule has 1 fully saturated rings. The molecule has 0 bridgehead atoms. The van der Waals surface area contributed by atoms with E-state index in [2.05, 4.69) is 36.0 Å². The molecule has 1 saturated heterocycles. The third-order valence-corrected chi connectivity index (χ3v) is 5.87. The van der Waals surface area contributed by atoms with E-state index in [0.717, 1.165) is 24.9 Å². The summed E-state index contributed by atoms with van der Waals surface area (Å²) in [5.74, 6) is 0.257. The van der Waals surface area contributed by atoms with Crippen molar-refractivity contribution in [1.82, 2.24) is 14.8 Å². The molecule has 2 aromatic heterocycles. The first-order valence-electron chi connectivity index (χ1n) is 9.07. The van der Waals surface area contributed by atoms with E-state index in [9.17, 15) is 4.79 Å². The van der Waals surface area contributed by atoms with Crippen molar-refractivity contribution in [3.05, 3.63) is 52.0 Å². The lowest BCUT2D eigenvalue weighted by Crippen LogP contribution is -2.46. The lowest BCUT2D eigenvalue weighted by molar-refractivity contribution is -0.137. The number of likely N-dealkylation sites (tertiary alicyclic amines) is 1. The van der Waals surface area contributed by atoms with Gasteiger partial charge in [0.05, 0.1) is 12.6 Å². The van der Waals surface area contributed by atoms with Crippen molar-refractivity contribution in [2.24, 2.45) is 0 Å². The molecule has 0 N–H and O–H groups in total. The number of carbonyl (C=O) groups is 1. The van der Waals surface area contributed by atoms with Crippen LogP contribution in [0.15, 0.2) is 36.7 Å². The van der Waals surface area contributed by atoms with Crippen LogP contribution in [-0.4, -0.2) is 40.3 Å². The third-order valence-electron chi connectivity index (χ3n) is 4.88. The van der Waals surface area contributed by atoms with Gasteiger partial charge in [0, 0.05) is 28.7 Å². The standard InChI is InChI=1S/C20H27N3OS/c1-16-7-8-18(25-16)15-23(14-17-9-11-21-12-10-17)20(24)19-6-4-3-5-13-22(19)2/h7-12,19H,3-6,13-15H2,1-2H3. The Morgan fingerprint density at radius 2 is 2.00 bits per heavy atom. The zero-order valence-electron chi connectivity index (χ0n) is 15.1. The summed E-state index contributed by atoms with van der Waals surface area (Å²) in [7, 11) is 2.09. The van der Waals surface area contributed by atoms with Gasteiger partial charge in [0.15, 0.2) is 0 Å². The molecule has 5 heteroatoms. The molecule has 3 heterocycles. The minimum Gasteiger partial charge on any atom is -0.332 e. The molecule has 0 radical (unpaired) electrons. The second-order valence-electron chi connectivity index (χ2n) is 6.91. The van der Waals surface area contributed by atoms with Crippen molar-refractivity contribution < 1.29 is 4.79 Å². The number of hydrogen-bond acceptors (Lipinski definition) is 4. The highest BCUT2D eigenvalue weighted by atomic mass is 32.1. The zero-order chi connectivity index (χ0) is 17.6. The van der Waals surface area contributed by atoms with Gasteiger partial charge < -0.3 is 4.90 Å². The molecule has 4 nitrogen and oxygen atoms in total. The van der Waals surface area contributed by atoms with Gasteiger partial charge in [0.2, 0.25) is 5.91 Å². The molecule has 1 atom stereocenters. The summed E-state index contributed by atoms with van der Waals surface area (Å²) in [6, 6.07) is 8.27. The fraction of sp³-hybridized carbons (Fsp3) is 0.500. The molecule has 0 saturated carbocycles. The number of carbonyl (C=O) groups excluding carboxylic acids is 1. The van der Waals surface area contributed by atoms with Gasteiger partial charge >= 0.3 is 0 Å². The Morgan fingerprint density at radius 3 is 2.72 bits per heavy atom. The number of rotatable bonds is 5. The minimum absolute atomic E-state index is 0.00500. The number of thiophene rings is 1. The smallest absolute Gasteiger partial charge is 0.240 e. The van der Waals surface area contributed by atoms with Crippen LogP contribution >= 0.6 is 11.3 Å². The summed E-state index contributed by atoms with van der Waals surface area (Å²) in [5.41, 5.74) is 1.13. The van der Waals surface area contributed by atoms with E-state index < -0.39 is 0 Å². The molecule has 1 aliphatic rings. The Labute approximate surface area is 154 Å². The van der Waals surface area contributed by atoms with Crippen molar-refractivity contribution in [3.8, 4) is 0 Å². The molecule has 2 aromatic rings. The maximum Gasteiger partial charge on any atom is 0.240 e. The Hall–Kier alpha value is -1.72. The second kappa shape index (κ2) is 8.59. The van der Waals surface area contributed by atoms with E-state index in [1.54, 1.807) is 23.7 Å². The van der Waals surface area contributed by atoms with Crippen LogP contribution in [-0.2, 0) is 17.9 Å². The van der Waals surface area contributed by atoms with E-state index >= 15 is 0 Å². The highest BCUT2D eigenvalue weighted by Gasteiger charge is 2.29. The van der Waals surface area contributed by atoms with Gasteiger partial charge in [-0.05, 0) is 63.2 Å². The average Bonchev–Trinajstić information content (AvgIpc) is 2.90. The average molecular weight is 358 g/mol. The van der Waals surface area contributed by atoms with Crippen LogP contribution in [0.1, 0.15) is 41.0 Å². The van der Waals surface area contributed by atoms with Crippen LogP contribution in [0.3, 0.4) is 0 Å². The number of pyridine rings is 1. The topological polar surface area (TPSA) is 36.4 Å². The molecular formula is C20H27N3OS. The molecule has 134 valence electrons. The second-order valence-corrected chi connectivity index (χ2v) is 8.28. The van der Waals surface area contributed by atoms with E-state index in [1.165, 1.54) is 22.6 Å². The van der Waals surface area contributed by atoms with Gasteiger partial charge in [-0.25, -0.2) is 0 Å². The van der Waals surface area contributed by atoms with Crippen molar-refractivity contribution in [2.75, 3.05) is 13.6 Å². The molecule has 1 unspecified atom stereocenters. The van der Waals surface area contributed by atoms with E-state index in [1.807, 2.05) is 17.0 Å². The van der Waals surface area contributed by atoms with E-state index in [4.69, 9.17) is 0 Å². The molecule has 1 amide bonds. The Morgan fingerprint density at radius 1 is 1.20 bits per heavy atom. The summed E-state index contributed by atoms with van der Waals surface area (Å²) in [4.78, 5) is 24.2. The summed E-state index contributed by atoms with van der Waals surface area (Å²) >= 11 is 1.78. The Bertz CT molecular complexity index is 685. The summed E-state index contributed by atoms with van der Waals surface area (Å²) in [6.07, 6.45) is 8.11. The van der Waals surface area contributed by atoms with Gasteiger partial charge in [0.25, 0.3) is 0 Å². The summed E-state index contributed by atoms with van der Waals surface area (Å²) in [6.45, 7) is 4.45. The summed E-state index contributed by atoms with van der Waals surface area (Å²) < 4.78 is 0. The van der Waals surface area contributed by atoms with Gasteiger partial charge in [-0.15, -0.1) is 11.3 Å². The first-order valence-corrected chi connectivity index (χ1v) is 9.88. The molecule has 0 aromatic carbocycles. The number of amides is 1. The molecule has 25 heavy (non-hydrogen) atoms. The number of aryl methyl sites for hydroxylation is 1. The van der Waals surface area contributed by atoms with Gasteiger partial charge in [-0.1, -0.05) is 12.8 Å². The lowest BCUT2D eigenvalue weighted by atomic mass is 10.1. The Balaban J connectivity index is 1.79. The molecular weight excluding hydrogens is 330 g/mol. The van der Waals surface area contributed by atoms with Crippen LogP contribution in [0.25, 0.3) is 0 Å². The van der Waals surface area contributed by atoms with Gasteiger partial charge in [-0.3, -0.25) is 14.7 Å². The fourth-order valence-corrected chi connectivity index (χ4v) is 4.36. The molecule has 1 aliphatic heterocycles. The van der Waals surface area contributed by atoms with Crippen molar-refractivity contribution in [1.29, 1.82) is 0 Å².